The molecular weight excluding hydrogens is 236 g/mol. The number of aliphatic carboxylic acids is 1. The van der Waals surface area contributed by atoms with E-state index < -0.39 is 17.9 Å². The van der Waals surface area contributed by atoms with Gasteiger partial charge < -0.3 is 15.7 Å². The van der Waals surface area contributed by atoms with Crippen LogP contribution in [0.15, 0.2) is 12.2 Å². The second-order valence-corrected chi connectivity index (χ2v) is 3.20. The molecule has 6 heteroatoms. The van der Waals surface area contributed by atoms with Gasteiger partial charge in [-0.1, -0.05) is 14.9 Å². The first-order valence-electron chi connectivity index (χ1n) is 4.84. The molecule has 6 nitrogen and oxygen atoms in total. The lowest BCUT2D eigenvalue weighted by Gasteiger charge is -2.10. The SMILES string of the molecule is C.C.CN[C@@H](CCNC(=O)/C=C/C(C)=O)C(=O)O. The summed E-state index contributed by atoms with van der Waals surface area (Å²) in [7, 11) is 1.54. The van der Waals surface area contributed by atoms with Crippen molar-refractivity contribution in [2.24, 2.45) is 0 Å². The van der Waals surface area contributed by atoms with E-state index in [1.54, 1.807) is 0 Å². The number of amides is 1. The molecule has 0 rings (SSSR count). The van der Waals surface area contributed by atoms with Gasteiger partial charge in [0, 0.05) is 12.6 Å². The summed E-state index contributed by atoms with van der Waals surface area (Å²) in [5, 5.41) is 13.8. The number of ketones is 1. The van der Waals surface area contributed by atoms with Crippen molar-refractivity contribution >= 4 is 17.7 Å². The number of hydrogen-bond acceptors (Lipinski definition) is 4. The second kappa shape index (κ2) is 11.8. The maximum atomic E-state index is 11.1. The molecule has 0 heterocycles. The highest BCUT2D eigenvalue weighted by molar-refractivity contribution is 5.96. The number of likely N-dealkylation sites (N-methyl/N-ethyl adjacent to an activating group) is 1. The molecule has 0 aliphatic carbocycles. The number of hydrogen-bond donors (Lipinski definition) is 3. The number of carboxylic acid groups (broad SMARTS) is 1. The highest BCUT2D eigenvalue weighted by atomic mass is 16.4. The topological polar surface area (TPSA) is 95.5 Å². The third-order valence-corrected chi connectivity index (χ3v) is 1.85. The van der Waals surface area contributed by atoms with E-state index in [1.165, 1.54) is 14.0 Å². The van der Waals surface area contributed by atoms with Crippen molar-refractivity contribution in [3.63, 3.8) is 0 Å². The van der Waals surface area contributed by atoms with Gasteiger partial charge in [0.15, 0.2) is 5.78 Å². The Balaban J connectivity index is -0.00000112. The van der Waals surface area contributed by atoms with Crippen LogP contribution in [-0.4, -0.2) is 42.4 Å². The van der Waals surface area contributed by atoms with Gasteiger partial charge in [0.05, 0.1) is 0 Å². The molecular formula is C12H24N2O4. The maximum Gasteiger partial charge on any atom is 0.320 e. The molecule has 0 spiro atoms. The summed E-state index contributed by atoms with van der Waals surface area (Å²) in [6.45, 7) is 1.57. The third-order valence-electron chi connectivity index (χ3n) is 1.85. The fraction of sp³-hybridized carbons (Fsp3) is 0.583. The normalized spacial score (nSPS) is 11.0. The van der Waals surface area contributed by atoms with E-state index in [0.717, 1.165) is 12.2 Å². The Morgan fingerprint density at radius 1 is 1.22 bits per heavy atom. The standard InChI is InChI=1S/C10H16N2O4.2CH4/c1-7(13)3-4-9(14)12-6-5-8(11-2)10(15)16;;/h3-4,8,11H,5-6H2,1-2H3,(H,12,14)(H,15,16);2*1H4/b4-3+;;/t8-;;/m0../s1. The largest absolute Gasteiger partial charge is 0.480 e. The summed E-state index contributed by atoms with van der Waals surface area (Å²) >= 11 is 0. The van der Waals surface area contributed by atoms with Gasteiger partial charge in [-0.05, 0) is 26.5 Å². The van der Waals surface area contributed by atoms with Crippen molar-refractivity contribution in [3.05, 3.63) is 12.2 Å². The minimum Gasteiger partial charge on any atom is -0.480 e. The van der Waals surface area contributed by atoms with Crippen LogP contribution in [0.3, 0.4) is 0 Å². The fourth-order valence-corrected chi connectivity index (χ4v) is 0.983. The number of nitrogens with one attached hydrogen (secondary N) is 2. The Kier molecular flexibility index (Phi) is 14.1. The molecule has 0 fully saturated rings. The lowest BCUT2D eigenvalue weighted by molar-refractivity contribution is -0.139. The van der Waals surface area contributed by atoms with Crippen LogP contribution in [-0.2, 0) is 14.4 Å². The second-order valence-electron chi connectivity index (χ2n) is 3.20. The van der Waals surface area contributed by atoms with Crippen LogP contribution >= 0.6 is 0 Å². The van der Waals surface area contributed by atoms with Crippen LogP contribution in [0, 0.1) is 0 Å². The van der Waals surface area contributed by atoms with Crippen molar-refractivity contribution in [1.82, 2.24) is 10.6 Å². The number of allylic oxidation sites excluding steroid dienone is 1. The van der Waals surface area contributed by atoms with Crippen molar-refractivity contribution in [1.29, 1.82) is 0 Å². The molecule has 0 saturated carbocycles. The summed E-state index contributed by atoms with van der Waals surface area (Å²) in [5.74, 6) is -1.58. The number of carbonyl (C=O) groups is 3. The Bertz CT molecular complexity index is 300. The molecule has 0 unspecified atom stereocenters. The fourth-order valence-electron chi connectivity index (χ4n) is 0.983. The zero-order valence-electron chi connectivity index (χ0n) is 9.32. The Morgan fingerprint density at radius 2 is 1.78 bits per heavy atom. The summed E-state index contributed by atoms with van der Waals surface area (Å²) in [6.07, 6.45) is 2.56. The lowest BCUT2D eigenvalue weighted by atomic mass is 10.2. The number of carbonyl (C=O) groups excluding carboxylic acids is 2. The molecule has 18 heavy (non-hydrogen) atoms. The predicted molar refractivity (Wildman–Crippen MR) is 71.4 cm³/mol. The van der Waals surface area contributed by atoms with Gasteiger partial charge in [-0.2, -0.15) is 0 Å². The first kappa shape index (κ1) is 21.6. The van der Waals surface area contributed by atoms with E-state index in [2.05, 4.69) is 10.6 Å². The minimum atomic E-state index is -0.962. The zero-order valence-corrected chi connectivity index (χ0v) is 9.32. The van der Waals surface area contributed by atoms with Gasteiger partial charge in [-0.25, -0.2) is 0 Å². The van der Waals surface area contributed by atoms with Gasteiger partial charge in [0.2, 0.25) is 5.91 Å². The smallest absolute Gasteiger partial charge is 0.320 e. The average molecular weight is 260 g/mol. The van der Waals surface area contributed by atoms with E-state index in [-0.39, 0.29) is 33.6 Å². The van der Waals surface area contributed by atoms with E-state index in [4.69, 9.17) is 5.11 Å². The molecule has 0 aromatic heterocycles. The zero-order chi connectivity index (χ0) is 12.6. The van der Waals surface area contributed by atoms with E-state index in [1.807, 2.05) is 0 Å². The van der Waals surface area contributed by atoms with Crippen molar-refractivity contribution < 1.29 is 19.5 Å². The maximum absolute atomic E-state index is 11.1. The highest BCUT2D eigenvalue weighted by Gasteiger charge is 2.13. The first-order chi connectivity index (χ1) is 7.47. The van der Waals surface area contributed by atoms with Crippen LogP contribution in [0.2, 0.25) is 0 Å². The van der Waals surface area contributed by atoms with Gasteiger partial charge in [-0.15, -0.1) is 0 Å². The lowest BCUT2D eigenvalue weighted by Crippen LogP contribution is -2.37. The van der Waals surface area contributed by atoms with E-state index >= 15 is 0 Å². The summed E-state index contributed by atoms with van der Waals surface area (Å²) < 4.78 is 0. The Hall–Kier alpha value is -1.69. The predicted octanol–water partition coefficient (Wildman–Crippen LogP) is 0.583. The van der Waals surface area contributed by atoms with Gasteiger partial charge in [0.25, 0.3) is 0 Å². The van der Waals surface area contributed by atoms with Crippen LogP contribution in [0.25, 0.3) is 0 Å². The highest BCUT2D eigenvalue weighted by Crippen LogP contribution is 1.89. The van der Waals surface area contributed by atoms with E-state index in [0.29, 0.717) is 0 Å². The molecule has 0 aliphatic heterocycles. The Morgan fingerprint density at radius 3 is 2.17 bits per heavy atom. The molecule has 0 saturated heterocycles. The molecule has 0 aromatic rings. The summed E-state index contributed by atoms with van der Waals surface area (Å²) in [5.41, 5.74) is 0. The molecule has 1 amide bonds. The van der Waals surface area contributed by atoms with E-state index in [9.17, 15) is 14.4 Å². The molecule has 0 aliphatic rings. The van der Waals surface area contributed by atoms with Crippen LogP contribution < -0.4 is 10.6 Å². The monoisotopic (exact) mass is 260 g/mol. The van der Waals surface area contributed by atoms with Crippen LogP contribution in [0.4, 0.5) is 0 Å². The minimum absolute atomic E-state index is 0. The molecule has 0 bridgehead atoms. The van der Waals surface area contributed by atoms with Crippen LogP contribution in [0.1, 0.15) is 28.2 Å². The van der Waals surface area contributed by atoms with Crippen molar-refractivity contribution in [2.45, 2.75) is 34.2 Å². The summed E-state index contributed by atoms with van der Waals surface area (Å²) in [4.78, 5) is 32.2. The van der Waals surface area contributed by atoms with Crippen LogP contribution in [0.5, 0.6) is 0 Å². The number of rotatable bonds is 7. The molecule has 3 N–H and O–H groups in total. The molecule has 0 radical (unpaired) electrons. The quantitative estimate of drug-likeness (QED) is 0.582. The van der Waals surface area contributed by atoms with Crippen molar-refractivity contribution in [3.8, 4) is 0 Å². The number of carboxylic acids is 1. The van der Waals surface area contributed by atoms with Gasteiger partial charge in [-0.3, -0.25) is 14.4 Å². The van der Waals surface area contributed by atoms with Gasteiger partial charge >= 0.3 is 5.97 Å². The van der Waals surface area contributed by atoms with Crippen molar-refractivity contribution in [2.75, 3.05) is 13.6 Å². The summed E-state index contributed by atoms with van der Waals surface area (Å²) in [6, 6.07) is -0.683. The molecule has 0 aromatic carbocycles. The molecule has 106 valence electrons. The average Bonchev–Trinajstić information content (AvgIpc) is 2.20. The molecule has 1 atom stereocenters. The Labute approximate surface area is 108 Å². The van der Waals surface area contributed by atoms with Gasteiger partial charge in [0.1, 0.15) is 6.04 Å². The third kappa shape index (κ3) is 10.8. The first-order valence-corrected chi connectivity index (χ1v) is 4.84.